The van der Waals surface area contributed by atoms with E-state index in [9.17, 15) is 4.79 Å². The van der Waals surface area contributed by atoms with Crippen LogP contribution in [0.2, 0.25) is 0 Å². The number of hydrogen-bond donors (Lipinski definition) is 1. The molecule has 15 heavy (non-hydrogen) atoms. The van der Waals surface area contributed by atoms with Gasteiger partial charge in [-0.2, -0.15) is 0 Å². The van der Waals surface area contributed by atoms with Crippen molar-refractivity contribution < 1.29 is 4.79 Å². The minimum absolute atomic E-state index is 0.147. The Labute approximate surface area is 93.4 Å². The van der Waals surface area contributed by atoms with Crippen molar-refractivity contribution in [2.24, 2.45) is 0 Å². The summed E-state index contributed by atoms with van der Waals surface area (Å²) in [6.07, 6.45) is 1.81. The average Bonchev–Trinajstić information content (AvgIpc) is 2.47. The fourth-order valence-electron chi connectivity index (χ4n) is 1.38. The van der Waals surface area contributed by atoms with Crippen LogP contribution in [0.1, 0.15) is 5.56 Å². The molecule has 1 amide bonds. The Kier molecular flexibility index (Phi) is 2.51. The SMILES string of the molecule is CN1C(=S)NC(=O)/C1=C/c1ccccc1. The lowest BCUT2D eigenvalue weighted by molar-refractivity contribution is -0.115. The Morgan fingerprint density at radius 1 is 1.33 bits per heavy atom. The molecular formula is C11H10N2OS. The molecule has 1 aromatic rings. The summed E-state index contributed by atoms with van der Waals surface area (Å²) in [5, 5.41) is 3.03. The Morgan fingerprint density at radius 3 is 2.53 bits per heavy atom. The van der Waals surface area contributed by atoms with E-state index in [2.05, 4.69) is 5.32 Å². The molecule has 4 heteroatoms. The van der Waals surface area contributed by atoms with Gasteiger partial charge in [-0.05, 0) is 23.9 Å². The standard InChI is InChI=1S/C11H10N2OS/c1-13-9(10(14)12-11(13)15)7-8-5-3-2-4-6-8/h2-7H,1H3,(H,12,14,15)/b9-7-. The third-order valence-electron chi connectivity index (χ3n) is 2.22. The van der Waals surface area contributed by atoms with Crippen LogP contribution < -0.4 is 5.32 Å². The predicted molar refractivity (Wildman–Crippen MR) is 62.9 cm³/mol. The second kappa shape index (κ2) is 3.82. The molecule has 0 saturated carbocycles. The summed E-state index contributed by atoms with van der Waals surface area (Å²) in [7, 11) is 1.77. The molecule has 0 aromatic heterocycles. The van der Waals surface area contributed by atoms with E-state index < -0.39 is 0 Å². The summed E-state index contributed by atoms with van der Waals surface area (Å²) in [4.78, 5) is 13.2. The van der Waals surface area contributed by atoms with Gasteiger partial charge in [0.05, 0.1) is 0 Å². The Morgan fingerprint density at radius 2 is 2.00 bits per heavy atom. The number of rotatable bonds is 1. The van der Waals surface area contributed by atoms with E-state index in [1.807, 2.05) is 36.4 Å². The second-order valence-electron chi connectivity index (χ2n) is 3.26. The predicted octanol–water partition coefficient (Wildman–Crippen LogP) is 1.37. The first-order valence-electron chi connectivity index (χ1n) is 4.54. The van der Waals surface area contributed by atoms with E-state index in [-0.39, 0.29) is 5.91 Å². The van der Waals surface area contributed by atoms with Crippen LogP contribution in [0, 0.1) is 0 Å². The molecule has 1 aliphatic heterocycles. The van der Waals surface area contributed by atoms with E-state index in [1.54, 1.807) is 11.9 Å². The van der Waals surface area contributed by atoms with Crippen molar-refractivity contribution in [2.45, 2.75) is 0 Å². The molecule has 0 radical (unpaired) electrons. The maximum Gasteiger partial charge on any atom is 0.274 e. The van der Waals surface area contributed by atoms with Gasteiger partial charge < -0.3 is 4.90 Å². The first-order valence-corrected chi connectivity index (χ1v) is 4.95. The van der Waals surface area contributed by atoms with Gasteiger partial charge in [-0.1, -0.05) is 30.3 Å². The zero-order valence-corrected chi connectivity index (χ0v) is 9.04. The third kappa shape index (κ3) is 1.89. The van der Waals surface area contributed by atoms with Gasteiger partial charge in [-0.3, -0.25) is 10.1 Å². The monoisotopic (exact) mass is 218 g/mol. The molecule has 1 heterocycles. The number of carbonyl (C=O) groups excluding carboxylic acids is 1. The van der Waals surface area contributed by atoms with E-state index in [0.717, 1.165) is 5.56 Å². The van der Waals surface area contributed by atoms with E-state index in [4.69, 9.17) is 12.2 Å². The second-order valence-corrected chi connectivity index (χ2v) is 3.65. The highest BCUT2D eigenvalue weighted by Crippen LogP contribution is 2.14. The van der Waals surface area contributed by atoms with E-state index >= 15 is 0 Å². The van der Waals surface area contributed by atoms with Crippen LogP contribution in [0.4, 0.5) is 0 Å². The van der Waals surface area contributed by atoms with Gasteiger partial charge >= 0.3 is 0 Å². The maximum absolute atomic E-state index is 11.5. The molecule has 1 saturated heterocycles. The molecule has 0 unspecified atom stereocenters. The molecule has 0 aliphatic carbocycles. The number of nitrogens with one attached hydrogen (secondary N) is 1. The largest absolute Gasteiger partial charge is 0.317 e. The van der Waals surface area contributed by atoms with Gasteiger partial charge in [0.1, 0.15) is 5.70 Å². The van der Waals surface area contributed by atoms with Crippen LogP contribution in [0.3, 0.4) is 0 Å². The van der Waals surface area contributed by atoms with Crippen molar-refractivity contribution in [1.82, 2.24) is 10.2 Å². The van der Waals surface area contributed by atoms with Crippen molar-refractivity contribution >= 4 is 29.3 Å². The number of carbonyl (C=O) groups is 1. The van der Waals surface area contributed by atoms with Gasteiger partial charge in [0, 0.05) is 7.05 Å². The van der Waals surface area contributed by atoms with Gasteiger partial charge in [-0.15, -0.1) is 0 Å². The highest BCUT2D eigenvalue weighted by molar-refractivity contribution is 7.80. The van der Waals surface area contributed by atoms with Crippen LogP contribution in [0.15, 0.2) is 36.0 Å². The van der Waals surface area contributed by atoms with Crippen LogP contribution in [0.5, 0.6) is 0 Å². The van der Waals surface area contributed by atoms with Crippen molar-refractivity contribution in [3.05, 3.63) is 41.6 Å². The van der Waals surface area contributed by atoms with Crippen LogP contribution in [0.25, 0.3) is 6.08 Å². The van der Waals surface area contributed by atoms with Crippen LogP contribution in [-0.2, 0) is 4.79 Å². The molecule has 1 fully saturated rings. The summed E-state index contributed by atoms with van der Waals surface area (Å²) in [6, 6.07) is 9.67. The number of likely N-dealkylation sites (N-methyl/N-ethyl adjacent to an activating group) is 1. The molecule has 0 atom stereocenters. The van der Waals surface area contributed by atoms with Crippen molar-refractivity contribution in [3.8, 4) is 0 Å². The summed E-state index contributed by atoms with van der Waals surface area (Å²) in [6.45, 7) is 0. The quantitative estimate of drug-likeness (QED) is 0.571. The molecule has 76 valence electrons. The number of thiocarbonyl (C=S) groups is 1. The first-order chi connectivity index (χ1) is 7.18. The lowest BCUT2D eigenvalue weighted by Gasteiger charge is -2.08. The maximum atomic E-state index is 11.5. The van der Waals surface area contributed by atoms with Crippen LogP contribution in [-0.4, -0.2) is 23.0 Å². The first kappa shape index (κ1) is 9.86. The summed E-state index contributed by atoms with van der Waals surface area (Å²) >= 11 is 4.97. The minimum Gasteiger partial charge on any atom is -0.317 e. The fraction of sp³-hybridized carbons (Fsp3) is 0.0909. The van der Waals surface area contributed by atoms with Crippen molar-refractivity contribution in [2.75, 3.05) is 7.05 Å². The van der Waals surface area contributed by atoms with Crippen LogP contribution >= 0.6 is 12.2 Å². The number of hydrogen-bond acceptors (Lipinski definition) is 2. The van der Waals surface area contributed by atoms with Gasteiger partial charge in [0.2, 0.25) is 0 Å². The van der Waals surface area contributed by atoms with Crippen molar-refractivity contribution in [3.63, 3.8) is 0 Å². The highest BCUT2D eigenvalue weighted by Gasteiger charge is 2.26. The smallest absolute Gasteiger partial charge is 0.274 e. The normalized spacial score (nSPS) is 18.5. The zero-order valence-electron chi connectivity index (χ0n) is 8.23. The molecule has 2 rings (SSSR count). The third-order valence-corrected chi connectivity index (χ3v) is 2.60. The lowest BCUT2D eigenvalue weighted by Crippen LogP contribution is -2.23. The number of amides is 1. The highest BCUT2D eigenvalue weighted by atomic mass is 32.1. The minimum atomic E-state index is -0.147. The molecule has 0 spiro atoms. The Bertz CT molecular complexity index is 439. The molecule has 1 N–H and O–H groups in total. The number of nitrogens with zero attached hydrogens (tertiary/aromatic N) is 1. The molecule has 3 nitrogen and oxygen atoms in total. The topological polar surface area (TPSA) is 32.3 Å². The van der Waals surface area contributed by atoms with Gasteiger partial charge in [0.15, 0.2) is 5.11 Å². The fourth-order valence-corrected chi connectivity index (χ4v) is 1.57. The molecular weight excluding hydrogens is 208 g/mol. The molecule has 1 aliphatic rings. The van der Waals surface area contributed by atoms with E-state index in [0.29, 0.717) is 10.8 Å². The number of benzene rings is 1. The van der Waals surface area contributed by atoms with Gasteiger partial charge in [0.25, 0.3) is 5.91 Å². The van der Waals surface area contributed by atoms with Crippen molar-refractivity contribution in [1.29, 1.82) is 0 Å². The molecule has 0 bridgehead atoms. The Hall–Kier alpha value is -1.68. The molecule has 1 aromatic carbocycles. The summed E-state index contributed by atoms with van der Waals surface area (Å²) in [5.74, 6) is -0.147. The van der Waals surface area contributed by atoms with E-state index in [1.165, 1.54) is 0 Å². The van der Waals surface area contributed by atoms with Gasteiger partial charge in [-0.25, -0.2) is 0 Å². The Balaban J connectivity index is 2.35. The average molecular weight is 218 g/mol. The lowest BCUT2D eigenvalue weighted by atomic mass is 10.2. The summed E-state index contributed by atoms with van der Waals surface area (Å²) < 4.78 is 0. The summed E-state index contributed by atoms with van der Waals surface area (Å²) in [5.41, 5.74) is 1.56. The zero-order chi connectivity index (χ0) is 10.8.